The van der Waals surface area contributed by atoms with Crippen molar-refractivity contribution >= 4 is 79.9 Å². The van der Waals surface area contributed by atoms with Crippen molar-refractivity contribution in [2.45, 2.75) is 6.92 Å². The van der Waals surface area contributed by atoms with Gasteiger partial charge >= 0.3 is 0 Å². The van der Waals surface area contributed by atoms with Crippen LogP contribution in [0.25, 0.3) is 22.3 Å². The van der Waals surface area contributed by atoms with Gasteiger partial charge in [0.15, 0.2) is 0 Å². The fraction of sp³-hybridized carbons (Fsp3) is 0.0526. The monoisotopic (exact) mass is 370 g/mol. The summed E-state index contributed by atoms with van der Waals surface area (Å²) in [5.41, 5.74) is -0.248. The van der Waals surface area contributed by atoms with Gasteiger partial charge in [0.25, 0.3) is 0 Å². The summed E-state index contributed by atoms with van der Waals surface area (Å²) < 4.78 is 14.8. The number of phenolic OH excluding ortho intramolecular Hbond substituents is 3. The number of phenols is 3. The lowest BCUT2D eigenvalue weighted by Gasteiger charge is -2.22. The molecule has 29 heavy (non-hydrogen) atoms. The van der Waals surface area contributed by atoms with Crippen LogP contribution >= 0.6 is 0 Å². The van der Waals surface area contributed by atoms with Crippen LogP contribution in [-0.2, 0) is 0 Å². The Kier molecular flexibility index (Phi) is 5.33. The molecule has 0 atom stereocenters. The molecule has 3 rings (SSSR count). The Balaban J connectivity index is 2.39. The zero-order chi connectivity index (χ0) is 21.8. The number of hydrogen-bond acceptors (Lipinski definition) is 3. The molecular weight excluding hydrogens is 360 g/mol. The highest BCUT2D eigenvalue weighted by Gasteiger charge is 2.20. The van der Waals surface area contributed by atoms with Crippen LogP contribution in [0.2, 0.25) is 0 Å². The van der Waals surface area contributed by atoms with E-state index in [1.165, 1.54) is 19.1 Å². The van der Waals surface area contributed by atoms with Gasteiger partial charge in [-0.15, -0.1) is 5.46 Å². The Morgan fingerprint density at radius 1 is 0.655 bits per heavy atom. The first-order valence-electron chi connectivity index (χ1n) is 8.32. The van der Waals surface area contributed by atoms with Gasteiger partial charge in [-0.2, -0.15) is 0 Å². The molecule has 3 aromatic carbocycles. The van der Waals surface area contributed by atoms with E-state index in [4.69, 9.17) is 47.1 Å². The van der Waals surface area contributed by atoms with E-state index in [9.17, 15) is 19.7 Å². The number of aromatic hydroxyl groups is 3. The molecule has 0 aliphatic heterocycles. The fourth-order valence-electron chi connectivity index (χ4n) is 3.13. The van der Waals surface area contributed by atoms with E-state index >= 15 is 0 Å². The van der Waals surface area contributed by atoms with Crippen LogP contribution in [0.3, 0.4) is 0 Å². The van der Waals surface area contributed by atoms with Crippen molar-refractivity contribution in [3.05, 3.63) is 29.6 Å². The highest BCUT2D eigenvalue weighted by Crippen LogP contribution is 2.34. The van der Waals surface area contributed by atoms with Gasteiger partial charge in [0.05, 0.1) is 0 Å². The zero-order valence-electron chi connectivity index (χ0n) is 15.4. The van der Waals surface area contributed by atoms with Gasteiger partial charge in [0.2, 0.25) is 0 Å². The first-order valence-corrected chi connectivity index (χ1v) is 8.32. The summed E-state index contributed by atoms with van der Waals surface area (Å²) in [7, 11) is 34.9. The molecule has 0 aliphatic carbocycles. The quantitative estimate of drug-likeness (QED) is 0.433. The molecule has 0 spiro atoms. The van der Waals surface area contributed by atoms with E-state index in [1.54, 1.807) is 0 Å². The van der Waals surface area contributed by atoms with Gasteiger partial charge in [-0.25, -0.2) is 4.39 Å². The molecule has 12 radical (unpaired) electrons. The second kappa shape index (κ2) is 7.33. The summed E-state index contributed by atoms with van der Waals surface area (Å²) in [4.78, 5) is 0. The SMILES string of the molecule is [B]c1cc(-c2cc(F)c(C)c(-c3c([B])c([B])c([B])c(O)c3[B])c2)c(O)c([B])c1O. The number of rotatable bonds is 2. The summed E-state index contributed by atoms with van der Waals surface area (Å²) in [6.07, 6.45) is 0. The van der Waals surface area contributed by atoms with Crippen molar-refractivity contribution in [2.75, 3.05) is 0 Å². The molecule has 0 aromatic heterocycles. The van der Waals surface area contributed by atoms with Gasteiger partial charge in [-0.05, 0) is 52.2 Å². The van der Waals surface area contributed by atoms with Crippen LogP contribution in [0.4, 0.5) is 4.39 Å². The molecule has 0 aliphatic rings. The van der Waals surface area contributed by atoms with Crippen molar-refractivity contribution in [3.63, 3.8) is 0 Å². The fourth-order valence-corrected chi connectivity index (χ4v) is 3.13. The Morgan fingerprint density at radius 3 is 1.90 bits per heavy atom. The standard InChI is InChI=1S/C19H9B6FO3/c1-5-7(11-12(21)14(23)15(24)19(29)13(11)22)2-6(3-10(5)26)8-4-9(20)18(28)16(25)17(8)27/h2-4,27-29H,1H3. The minimum atomic E-state index is -0.657. The molecular formula is C19H9B6FO3. The molecule has 3 N–H and O–H groups in total. The van der Waals surface area contributed by atoms with Crippen molar-refractivity contribution in [3.8, 4) is 39.5 Å². The van der Waals surface area contributed by atoms with Crippen molar-refractivity contribution in [1.82, 2.24) is 0 Å². The van der Waals surface area contributed by atoms with Crippen molar-refractivity contribution < 1.29 is 19.7 Å². The summed E-state index contributed by atoms with van der Waals surface area (Å²) >= 11 is 0. The third-order valence-corrected chi connectivity index (χ3v) is 4.89. The second-order valence-electron chi connectivity index (χ2n) is 6.63. The molecule has 0 unspecified atom stereocenters. The molecule has 0 fully saturated rings. The molecule has 0 saturated carbocycles. The van der Waals surface area contributed by atoms with Gasteiger partial charge < -0.3 is 15.3 Å². The number of benzene rings is 3. The van der Waals surface area contributed by atoms with E-state index in [0.29, 0.717) is 0 Å². The third-order valence-electron chi connectivity index (χ3n) is 4.89. The minimum absolute atomic E-state index is 0.0357. The Hall–Kier alpha value is -2.62. The first-order chi connectivity index (χ1) is 13.5. The van der Waals surface area contributed by atoms with Crippen LogP contribution in [0, 0.1) is 12.7 Å². The highest BCUT2D eigenvalue weighted by molar-refractivity contribution is 6.62. The largest absolute Gasteiger partial charge is 0.509 e. The Labute approximate surface area is 175 Å². The van der Waals surface area contributed by atoms with Gasteiger partial charge in [0, 0.05) is 5.56 Å². The lowest BCUT2D eigenvalue weighted by molar-refractivity contribution is 0.462. The molecule has 3 nitrogen and oxygen atoms in total. The van der Waals surface area contributed by atoms with E-state index in [0.717, 1.165) is 6.07 Å². The Bertz CT molecular complexity index is 1150. The summed E-state index contributed by atoms with van der Waals surface area (Å²) in [5.74, 6) is -2.09. The zero-order valence-corrected chi connectivity index (χ0v) is 15.4. The molecule has 3 aromatic rings. The average Bonchev–Trinajstić information content (AvgIpc) is 2.69. The maximum Gasteiger partial charge on any atom is 0.127 e. The Morgan fingerprint density at radius 2 is 1.28 bits per heavy atom. The smallest absolute Gasteiger partial charge is 0.127 e. The maximum atomic E-state index is 14.8. The third kappa shape index (κ3) is 3.25. The predicted octanol–water partition coefficient (Wildman–Crippen LogP) is -2.65. The predicted molar refractivity (Wildman–Crippen MR) is 119 cm³/mol. The van der Waals surface area contributed by atoms with Crippen LogP contribution < -0.4 is 32.8 Å². The molecule has 0 heterocycles. The highest BCUT2D eigenvalue weighted by atomic mass is 19.1. The van der Waals surface area contributed by atoms with Crippen molar-refractivity contribution in [1.29, 1.82) is 0 Å². The van der Waals surface area contributed by atoms with E-state index in [2.05, 4.69) is 0 Å². The van der Waals surface area contributed by atoms with Gasteiger partial charge in [-0.3, -0.25) is 0 Å². The van der Waals surface area contributed by atoms with E-state index < -0.39 is 23.1 Å². The second-order valence-corrected chi connectivity index (χ2v) is 6.63. The lowest BCUT2D eigenvalue weighted by atomic mass is 9.64. The van der Waals surface area contributed by atoms with Crippen LogP contribution in [0.1, 0.15) is 5.56 Å². The normalized spacial score (nSPS) is 11.0. The topological polar surface area (TPSA) is 60.7 Å². The molecule has 0 amide bonds. The molecule has 10 heteroatoms. The number of hydrogen-bond donors (Lipinski definition) is 3. The van der Waals surface area contributed by atoms with Crippen LogP contribution in [0.5, 0.6) is 17.2 Å². The summed E-state index contributed by atoms with van der Waals surface area (Å²) in [6.45, 7) is 1.48. The van der Waals surface area contributed by atoms with E-state index in [-0.39, 0.29) is 60.6 Å². The van der Waals surface area contributed by atoms with E-state index in [1.807, 2.05) is 0 Å². The average molecular weight is 369 g/mol. The minimum Gasteiger partial charge on any atom is -0.509 e. The molecule has 0 saturated heterocycles. The molecule has 128 valence electrons. The number of halogens is 1. The van der Waals surface area contributed by atoms with Crippen molar-refractivity contribution in [2.24, 2.45) is 0 Å². The van der Waals surface area contributed by atoms with Gasteiger partial charge in [-0.1, -0.05) is 22.5 Å². The van der Waals surface area contributed by atoms with Crippen LogP contribution in [0.15, 0.2) is 18.2 Å². The molecule has 0 bridgehead atoms. The first kappa shape index (κ1) is 21.1. The maximum absolute atomic E-state index is 14.8. The summed E-state index contributed by atoms with van der Waals surface area (Å²) in [6, 6.07) is 3.87. The summed E-state index contributed by atoms with van der Waals surface area (Å²) in [5, 5.41) is 30.3. The van der Waals surface area contributed by atoms with Crippen LogP contribution in [-0.4, -0.2) is 62.4 Å². The van der Waals surface area contributed by atoms with Gasteiger partial charge in [0.1, 0.15) is 70.1 Å². The lowest BCUT2D eigenvalue weighted by Crippen LogP contribution is -2.44.